The molecule has 2 aromatic carbocycles. The van der Waals surface area contributed by atoms with Crippen LogP contribution in [-0.4, -0.2) is 27.3 Å². The lowest BCUT2D eigenvalue weighted by Crippen LogP contribution is -2.34. The first kappa shape index (κ1) is 25.7. The number of aromatic nitrogens is 2. The Balaban J connectivity index is 1.18. The first-order chi connectivity index (χ1) is 18.2. The topological polar surface area (TPSA) is 111 Å². The van der Waals surface area contributed by atoms with E-state index in [9.17, 15) is 14.3 Å². The molecule has 0 spiro atoms. The van der Waals surface area contributed by atoms with Crippen molar-refractivity contribution in [3.63, 3.8) is 0 Å². The molecule has 6 rings (SSSR count). The van der Waals surface area contributed by atoms with Crippen molar-refractivity contribution in [3.05, 3.63) is 68.1 Å². The number of primary amides is 1. The van der Waals surface area contributed by atoms with Gasteiger partial charge in [0.15, 0.2) is 5.82 Å². The molecule has 0 radical (unpaired) electrons. The molecule has 2 aliphatic carbocycles. The number of nitrogens with zero attached hydrogens (tertiary/aromatic N) is 2. The van der Waals surface area contributed by atoms with Crippen LogP contribution in [0.1, 0.15) is 71.1 Å². The SMILES string of the molecule is NC(=O)c1cc(F)c2nc(C3(O)CCC(OCc4c(-c5c(Cl)cccc5Cl)noc4C4CC4)CC3)sc2c1. The predicted molar refractivity (Wildman–Crippen MR) is 143 cm³/mol. The molecule has 0 saturated heterocycles. The summed E-state index contributed by atoms with van der Waals surface area (Å²) in [6, 6.07) is 7.91. The molecule has 38 heavy (non-hydrogen) atoms. The van der Waals surface area contributed by atoms with Gasteiger partial charge in [0.2, 0.25) is 5.91 Å². The van der Waals surface area contributed by atoms with Gasteiger partial charge in [-0.15, -0.1) is 11.3 Å². The number of benzene rings is 2. The van der Waals surface area contributed by atoms with Crippen molar-refractivity contribution in [1.82, 2.24) is 10.1 Å². The van der Waals surface area contributed by atoms with Crippen LogP contribution in [0, 0.1) is 5.82 Å². The van der Waals surface area contributed by atoms with E-state index in [4.69, 9.17) is 38.2 Å². The first-order valence-corrected chi connectivity index (χ1v) is 14.0. The normalized spacial score (nSPS) is 21.7. The van der Waals surface area contributed by atoms with Crippen LogP contribution in [-0.2, 0) is 16.9 Å². The number of aliphatic hydroxyl groups is 1. The average molecular weight is 576 g/mol. The highest BCUT2D eigenvalue weighted by Gasteiger charge is 2.39. The molecule has 4 aromatic rings. The first-order valence-electron chi connectivity index (χ1n) is 12.4. The van der Waals surface area contributed by atoms with E-state index in [1.165, 1.54) is 17.4 Å². The number of hydrogen-bond donors (Lipinski definition) is 2. The zero-order valence-corrected chi connectivity index (χ0v) is 22.5. The van der Waals surface area contributed by atoms with Crippen LogP contribution in [0.5, 0.6) is 0 Å². The van der Waals surface area contributed by atoms with Crippen LogP contribution in [0.2, 0.25) is 10.0 Å². The Bertz CT molecular complexity index is 1520. The summed E-state index contributed by atoms with van der Waals surface area (Å²) in [6.45, 7) is 0.289. The summed E-state index contributed by atoms with van der Waals surface area (Å²) in [6.07, 6.45) is 3.98. The lowest BCUT2D eigenvalue weighted by atomic mass is 9.83. The number of halogens is 3. The quantitative estimate of drug-likeness (QED) is 0.253. The van der Waals surface area contributed by atoms with E-state index < -0.39 is 17.3 Å². The summed E-state index contributed by atoms with van der Waals surface area (Å²) < 4.78 is 27.0. The Morgan fingerprint density at radius 2 is 1.92 bits per heavy atom. The van der Waals surface area contributed by atoms with Gasteiger partial charge in [0.05, 0.1) is 27.5 Å². The van der Waals surface area contributed by atoms with Crippen LogP contribution in [0.3, 0.4) is 0 Å². The van der Waals surface area contributed by atoms with Gasteiger partial charge < -0.3 is 20.1 Å². The maximum Gasteiger partial charge on any atom is 0.248 e. The number of hydrogen-bond acceptors (Lipinski definition) is 7. The Hall–Kier alpha value is -2.56. The second kappa shape index (κ2) is 9.88. The lowest BCUT2D eigenvalue weighted by molar-refractivity contribution is -0.0641. The van der Waals surface area contributed by atoms with Gasteiger partial charge in [-0.1, -0.05) is 34.4 Å². The number of nitrogens with two attached hydrogens (primary N) is 1. The van der Waals surface area contributed by atoms with Crippen molar-refractivity contribution < 1.29 is 23.6 Å². The van der Waals surface area contributed by atoms with Crippen molar-refractivity contribution in [2.45, 2.75) is 62.8 Å². The van der Waals surface area contributed by atoms with Gasteiger partial charge in [-0.3, -0.25) is 4.79 Å². The van der Waals surface area contributed by atoms with Gasteiger partial charge in [-0.05, 0) is 62.8 Å². The second-order valence-electron chi connectivity index (χ2n) is 9.97. The zero-order chi connectivity index (χ0) is 26.6. The highest BCUT2D eigenvalue weighted by atomic mass is 35.5. The zero-order valence-electron chi connectivity index (χ0n) is 20.2. The molecule has 0 unspecified atom stereocenters. The second-order valence-corrected chi connectivity index (χ2v) is 11.8. The van der Waals surface area contributed by atoms with Crippen molar-refractivity contribution >= 4 is 50.7 Å². The van der Waals surface area contributed by atoms with Crippen LogP contribution in [0.15, 0.2) is 34.9 Å². The Morgan fingerprint density at radius 3 is 2.58 bits per heavy atom. The summed E-state index contributed by atoms with van der Waals surface area (Å²) in [5, 5.41) is 17.1. The molecule has 0 bridgehead atoms. The molecule has 198 valence electrons. The van der Waals surface area contributed by atoms with E-state index in [-0.39, 0.29) is 23.8 Å². The van der Waals surface area contributed by atoms with E-state index in [2.05, 4.69) is 10.1 Å². The minimum atomic E-state index is -1.20. The summed E-state index contributed by atoms with van der Waals surface area (Å²) in [7, 11) is 0. The molecule has 7 nitrogen and oxygen atoms in total. The molecule has 2 aromatic heterocycles. The fraction of sp³-hybridized carbons (Fsp3) is 0.370. The molecule has 0 aliphatic heterocycles. The third-order valence-electron chi connectivity index (χ3n) is 7.32. The van der Waals surface area contributed by atoms with E-state index >= 15 is 0 Å². The maximum atomic E-state index is 14.5. The van der Waals surface area contributed by atoms with E-state index in [1.807, 2.05) is 0 Å². The Kier molecular flexibility index (Phi) is 6.68. The molecule has 0 atom stereocenters. The van der Waals surface area contributed by atoms with Crippen molar-refractivity contribution in [1.29, 1.82) is 0 Å². The number of thiazole rings is 1. The standard InChI is InChI=1S/C27H24Cl2FN3O4S/c28-17-2-1-3-18(29)21(17)22-16(24(37-33-22)13-4-5-13)12-36-15-6-8-27(35,9-7-15)26-32-23-19(30)10-14(25(31)34)11-20(23)38-26/h1-3,10-11,13,15,35H,4-9,12H2,(H2,31,34). The van der Waals surface area contributed by atoms with E-state index in [1.54, 1.807) is 18.2 Å². The van der Waals surface area contributed by atoms with Gasteiger partial charge in [-0.25, -0.2) is 9.37 Å². The molecule has 2 fully saturated rings. The third-order valence-corrected chi connectivity index (χ3v) is 9.15. The molecule has 1 amide bonds. The number of ether oxygens (including phenoxy) is 1. The maximum absolute atomic E-state index is 14.5. The summed E-state index contributed by atoms with van der Waals surface area (Å²) >= 11 is 14.1. The van der Waals surface area contributed by atoms with Crippen molar-refractivity contribution in [3.8, 4) is 11.3 Å². The minimum absolute atomic E-state index is 0.0750. The summed E-state index contributed by atoms with van der Waals surface area (Å²) in [5.74, 6) is -0.207. The minimum Gasteiger partial charge on any atom is -0.383 e. The largest absolute Gasteiger partial charge is 0.383 e. The summed E-state index contributed by atoms with van der Waals surface area (Å²) in [5.41, 5.74) is 6.40. The smallest absolute Gasteiger partial charge is 0.248 e. The van der Waals surface area contributed by atoms with Gasteiger partial charge in [-0.2, -0.15) is 0 Å². The van der Waals surface area contributed by atoms with Crippen LogP contribution < -0.4 is 5.73 Å². The molecular formula is C27H24Cl2FN3O4S. The van der Waals surface area contributed by atoms with Gasteiger partial charge in [0, 0.05) is 22.6 Å². The predicted octanol–water partition coefficient (Wildman–Crippen LogP) is 6.72. The van der Waals surface area contributed by atoms with Crippen LogP contribution in [0.4, 0.5) is 4.39 Å². The molecule has 2 heterocycles. The molecular weight excluding hydrogens is 552 g/mol. The number of carbonyl (C=O) groups is 1. The highest BCUT2D eigenvalue weighted by molar-refractivity contribution is 7.18. The number of carbonyl (C=O) groups excluding carboxylic acids is 1. The van der Waals surface area contributed by atoms with Gasteiger partial charge in [0.25, 0.3) is 0 Å². The number of fused-ring (bicyclic) bond motifs is 1. The monoisotopic (exact) mass is 575 g/mol. The summed E-state index contributed by atoms with van der Waals surface area (Å²) in [4.78, 5) is 15.9. The molecule has 2 saturated carbocycles. The van der Waals surface area contributed by atoms with Gasteiger partial charge >= 0.3 is 0 Å². The molecule has 11 heteroatoms. The fourth-order valence-corrected chi connectivity index (χ4v) is 6.77. The van der Waals surface area contributed by atoms with Gasteiger partial charge in [0.1, 0.15) is 27.6 Å². The van der Waals surface area contributed by atoms with Crippen molar-refractivity contribution in [2.75, 3.05) is 0 Å². The number of amides is 1. The Morgan fingerprint density at radius 1 is 1.21 bits per heavy atom. The highest BCUT2D eigenvalue weighted by Crippen LogP contribution is 2.47. The number of rotatable bonds is 7. The molecule has 3 N–H and O–H groups in total. The van der Waals surface area contributed by atoms with Crippen molar-refractivity contribution in [2.24, 2.45) is 5.73 Å². The average Bonchev–Trinajstić information content (AvgIpc) is 3.48. The Labute approximate surface area is 231 Å². The van der Waals surface area contributed by atoms with Crippen LogP contribution >= 0.6 is 34.5 Å². The van der Waals surface area contributed by atoms with E-state index in [0.29, 0.717) is 62.6 Å². The third kappa shape index (κ3) is 4.71. The molecule has 2 aliphatic rings. The van der Waals surface area contributed by atoms with Crippen LogP contribution in [0.25, 0.3) is 21.5 Å². The lowest BCUT2D eigenvalue weighted by Gasteiger charge is -2.34. The van der Waals surface area contributed by atoms with E-state index in [0.717, 1.165) is 30.2 Å². The fourth-order valence-electron chi connectivity index (χ4n) is 5.03.